The van der Waals surface area contributed by atoms with Crippen LogP contribution >= 0.6 is 0 Å². The van der Waals surface area contributed by atoms with Crippen molar-refractivity contribution in [2.24, 2.45) is 0 Å². The van der Waals surface area contributed by atoms with Crippen LogP contribution in [0.1, 0.15) is 5.56 Å². The highest BCUT2D eigenvalue weighted by Gasteiger charge is 2.22. The lowest BCUT2D eigenvalue weighted by Crippen LogP contribution is -2.13. The van der Waals surface area contributed by atoms with Gasteiger partial charge in [0.25, 0.3) is 0 Å². The van der Waals surface area contributed by atoms with Crippen LogP contribution in [0.2, 0.25) is 0 Å². The number of nitrogens with one attached hydrogen (secondary N) is 1. The molecule has 4 nitrogen and oxygen atoms in total. The normalized spacial score (nSPS) is 18.1. The molecule has 0 radical (unpaired) electrons. The van der Waals surface area contributed by atoms with Crippen LogP contribution in [-0.2, 0) is 9.53 Å². The van der Waals surface area contributed by atoms with Crippen molar-refractivity contribution >= 4 is 12.0 Å². The van der Waals surface area contributed by atoms with E-state index < -0.39 is 0 Å². The van der Waals surface area contributed by atoms with Gasteiger partial charge in [-0.25, -0.2) is 0 Å². The maximum atomic E-state index is 11.0. The molecule has 1 N–H and O–H groups in total. The van der Waals surface area contributed by atoms with E-state index in [1.807, 2.05) is 24.3 Å². The maximum absolute atomic E-state index is 11.0. The number of likely N-dealkylation sites (N-methyl/N-ethyl adjacent to an activating group) is 1. The van der Waals surface area contributed by atoms with E-state index in [-0.39, 0.29) is 12.0 Å². The van der Waals surface area contributed by atoms with Gasteiger partial charge in [0.2, 0.25) is 5.91 Å². The fraction of sp³-hybridized carbons (Fsp3) is 0.308. The molecular weight excluding hydrogens is 218 g/mol. The summed E-state index contributed by atoms with van der Waals surface area (Å²) >= 11 is 0. The molecule has 1 aromatic carbocycles. The van der Waals surface area contributed by atoms with Crippen LogP contribution in [0.5, 0.6) is 5.75 Å². The maximum Gasteiger partial charge on any atom is 0.243 e. The summed E-state index contributed by atoms with van der Waals surface area (Å²) in [6.45, 7) is 1.40. The first-order valence-corrected chi connectivity index (χ1v) is 5.52. The summed E-state index contributed by atoms with van der Waals surface area (Å²) in [5, 5.41) is 2.52. The van der Waals surface area contributed by atoms with Gasteiger partial charge in [-0.15, -0.1) is 0 Å². The van der Waals surface area contributed by atoms with Crippen LogP contribution in [0.3, 0.4) is 0 Å². The molecule has 2 rings (SSSR count). The number of hydrogen-bond acceptors (Lipinski definition) is 3. The Kier molecular flexibility index (Phi) is 3.77. The molecule has 1 heterocycles. The summed E-state index contributed by atoms with van der Waals surface area (Å²) in [5.74, 6) is 0.703. The van der Waals surface area contributed by atoms with E-state index in [9.17, 15) is 4.79 Å². The summed E-state index contributed by atoms with van der Waals surface area (Å²) in [6, 6.07) is 7.57. The van der Waals surface area contributed by atoms with Crippen molar-refractivity contribution in [1.82, 2.24) is 5.32 Å². The minimum atomic E-state index is -0.115. The van der Waals surface area contributed by atoms with Crippen molar-refractivity contribution in [3.05, 3.63) is 35.9 Å². The standard InChI is InChI=1S/C13H15NO3/c1-14-13(15)7-4-10-2-5-11(6-3-10)16-8-12-9-17-12/h2-7,12H,8-9H2,1H3,(H,14,15). The van der Waals surface area contributed by atoms with Gasteiger partial charge in [-0.3, -0.25) is 4.79 Å². The number of ether oxygens (including phenoxy) is 2. The second-order valence-electron chi connectivity index (χ2n) is 3.78. The highest BCUT2D eigenvalue weighted by atomic mass is 16.6. The zero-order valence-electron chi connectivity index (χ0n) is 9.68. The Morgan fingerprint density at radius 2 is 2.24 bits per heavy atom. The molecule has 90 valence electrons. The molecule has 0 spiro atoms. The summed E-state index contributed by atoms with van der Waals surface area (Å²) in [7, 11) is 1.60. The SMILES string of the molecule is CNC(=O)C=Cc1ccc(OCC2CO2)cc1. The Labute approximate surface area is 100 Å². The van der Waals surface area contributed by atoms with Gasteiger partial charge in [0.15, 0.2) is 0 Å². The van der Waals surface area contributed by atoms with E-state index in [0.717, 1.165) is 17.9 Å². The summed E-state index contributed by atoms with van der Waals surface area (Å²) in [4.78, 5) is 11.0. The zero-order valence-corrected chi connectivity index (χ0v) is 9.68. The van der Waals surface area contributed by atoms with Crippen molar-refractivity contribution in [2.45, 2.75) is 6.10 Å². The zero-order chi connectivity index (χ0) is 12.1. The van der Waals surface area contributed by atoms with Gasteiger partial charge in [0.1, 0.15) is 18.5 Å². The monoisotopic (exact) mass is 233 g/mol. The molecule has 0 bridgehead atoms. The molecule has 1 saturated heterocycles. The van der Waals surface area contributed by atoms with Gasteiger partial charge < -0.3 is 14.8 Å². The van der Waals surface area contributed by atoms with E-state index in [4.69, 9.17) is 9.47 Å². The summed E-state index contributed by atoms with van der Waals surface area (Å²) in [6.07, 6.45) is 3.52. The largest absolute Gasteiger partial charge is 0.491 e. The third-order valence-corrected chi connectivity index (χ3v) is 2.39. The molecule has 0 aromatic heterocycles. The quantitative estimate of drug-likeness (QED) is 0.614. The fourth-order valence-electron chi connectivity index (χ4n) is 1.28. The van der Waals surface area contributed by atoms with E-state index in [1.54, 1.807) is 13.1 Å². The van der Waals surface area contributed by atoms with Crippen LogP contribution in [0.25, 0.3) is 6.08 Å². The Bertz CT molecular complexity index is 407. The Balaban J connectivity index is 1.87. The predicted molar refractivity (Wildman–Crippen MR) is 64.8 cm³/mol. The van der Waals surface area contributed by atoms with Crippen LogP contribution in [-0.4, -0.2) is 32.3 Å². The third kappa shape index (κ3) is 3.92. The molecule has 1 atom stereocenters. The fourth-order valence-corrected chi connectivity index (χ4v) is 1.28. The number of hydrogen-bond donors (Lipinski definition) is 1. The van der Waals surface area contributed by atoms with Crippen molar-refractivity contribution in [1.29, 1.82) is 0 Å². The van der Waals surface area contributed by atoms with Gasteiger partial charge >= 0.3 is 0 Å². The van der Waals surface area contributed by atoms with Gasteiger partial charge in [-0.05, 0) is 23.8 Å². The lowest BCUT2D eigenvalue weighted by Gasteiger charge is -2.03. The molecule has 0 saturated carbocycles. The average molecular weight is 233 g/mol. The molecule has 17 heavy (non-hydrogen) atoms. The number of carbonyl (C=O) groups is 1. The van der Waals surface area contributed by atoms with Crippen LogP contribution in [0.15, 0.2) is 30.3 Å². The molecular formula is C13H15NO3. The first-order chi connectivity index (χ1) is 8.28. The number of carbonyl (C=O) groups excluding carboxylic acids is 1. The van der Waals surface area contributed by atoms with Gasteiger partial charge in [0, 0.05) is 13.1 Å². The molecule has 1 fully saturated rings. The van der Waals surface area contributed by atoms with Crippen molar-refractivity contribution < 1.29 is 14.3 Å². The van der Waals surface area contributed by atoms with Crippen LogP contribution in [0.4, 0.5) is 0 Å². The Morgan fingerprint density at radius 1 is 1.53 bits per heavy atom. The van der Waals surface area contributed by atoms with Crippen molar-refractivity contribution in [3.63, 3.8) is 0 Å². The Morgan fingerprint density at radius 3 is 2.82 bits per heavy atom. The smallest absolute Gasteiger partial charge is 0.243 e. The van der Waals surface area contributed by atoms with Crippen LogP contribution in [0, 0.1) is 0 Å². The van der Waals surface area contributed by atoms with Gasteiger partial charge in [-0.2, -0.15) is 0 Å². The molecule has 1 amide bonds. The first-order valence-electron chi connectivity index (χ1n) is 5.52. The minimum absolute atomic E-state index is 0.115. The molecule has 1 aromatic rings. The van der Waals surface area contributed by atoms with Crippen LogP contribution < -0.4 is 10.1 Å². The highest BCUT2D eigenvalue weighted by molar-refractivity contribution is 5.91. The minimum Gasteiger partial charge on any atom is -0.491 e. The molecule has 1 aliphatic rings. The molecule has 1 unspecified atom stereocenters. The third-order valence-electron chi connectivity index (χ3n) is 2.39. The molecule has 0 aliphatic carbocycles. The summed E-state index contributed by atoms with van der Waals surface area (Å²) < 4.78 is 10.6. The number of amides is 1. The number of epoxide rings is 1. The number of rotatable bonds is 5. The second-order valence-corrected chi connectivity index (χ2v) is 3.78. The average Bonchev–Trinajstić information content (AvgIpc) is 3.18. The lowest BCUT2D eigenvalue weighted by molar-refractivity contribution is -0.115. The topological polar surface area (TPSA) is 50.9 Å². The van der Waals surface area contributed by atoms with Gasteiger partial charge in [-0.1, -0.05) is 12.1 Å². The van der Waals surface area contributed by atoms with E-state index in [2.05, 4.69) is 5.32 Å². The van der Waals surface area contributed by atoms with E-state index in [1.165, 1.54) is 6.08 Å². The molecule has 1 aliphatic heterocycles. The van der Waals surface area contributed by atoms with Crippen molar-refractivity contribution in [3.8, 4) is 5.75 Å². The molecule has 4 heteroatoms. The predicted octanol–water partition coefficient (Wildman–Crippen LogP) is 1.22. The lowest BCUT2D eigenvalue weighted by atomic mass is 10.2. The first kappa shape index (κ1) is 11.7. The Hall–Kier alpha value is -1.81. The number of benzene rings is 1. The highest BCUT2D eigenvalue weighted by Crippen LogP contribution is 2.16. The van der Waals surface area contributed by atoms with E-state index in [0.29, 0.717) is 6.61 Å². The van der Waals surface area contributed by atoms with Crippen molar-refractivity contribution in [2.75, 3.05) is 20.3 Å². The van der Waals surface area contributed by atoms with Gasteiger partial charge in [0.05, 0.1) is 6.61 Å². The second kappa shape index (κ2) is 5.50. The summed E-state index contributed by atoms with van der Waals surface area (Å²) in [5.41, 5.74) is 0.962. The van der Waals surface area contributed by atoms with E-state index >= 15 is 0 Å².